The number of hydrogen-bond acceptors (Lipinski definition) is 1. The number of fused-ring (bicyclic) bond motifs is 1. The van der Waals surface area contributed by atoms with E-state index in [0.29, 0.717) is 12.8 Å². The topological polar surface area (TPSA) is 20.2 Å². The molecule has 2 heteroatoms. The molecule has 0 aliphatic heterocycles. The molecular formula is C19H21FO. The number of aliphatic hydroxyl groups is 1. The molecule has 0 fully saturated rings. The molecule has 1 N–H and O–H groups in total. The lowest BCUT2D eigenvalue weighted by Gasteiger charge is -2.34. The van der Waals surface area contributed by atoms with Crippen LogP contribution in [0.5, 0.6) is 0 Å². The number of hydrogen-bond donors (Lipinski definition) is 1. The van der Waals surface area contributed by atoms with E-state index in [-0.39, 0.29) is 5.82 Å². The Morgan fingerprint density at radius 2 is 1.86 bits per heavy atom. The Labute approximate surface area is 125 Å². The highest BCUT2D eigenvalue weighted by Crippen LogP contribution is 2.36. The third-order valence-electron chi connectivity index (χ3n) is 4.49. The lowest BCUT2D eigenvalue weighted by Crippen LogP contribution is -2.33. The molecule has 0 heterocycles. The van der Waals surface area contributed by atoms with Gasteiger partial charge in [0, 0.05) is 6.42 Å². The van der Waals surface area contributed by atoms with Gasteiger partial charge in [-0.2, -0.15) is 0 Å². The first-order chi connectivity index (χ1) is 10.1. The molecule has 1 atom stereocenters. The summed E-state index contributed by atoms with van der Waals surface area (Å²) in [5, 5.41) is 11.0. The van der Waals surface area contributed by atoms with Gasteiger partial charge in [-0.15, -0.1) is 0 Å². The summed E-state index contributed by atoms with van der Waals surface area (Å²) in [6.45, 7) is 2.17. The molecule has 0 saturated carbocycles. The average molecular weight is 284 g/mol. The van der Waals surface area contributed by atoms with Gasteiger partial charge in [-0.3, -0.25) is 0 Å². The molecule has 1 nitrogen and oxygen atoms in total. The minimum absolute atomic E-state index is 0.192. The monoisotopic (exact) mass is 284 g/mol. The van der Waals surface area contributed by atoms with Crippen LogP contribution >= 0.6 is 0 Å². The van der Waals surface area contributed by atoms with E-state index in [9.17, 15) is 9.50 Å². The molecular weight excluding hydrogens is 263 g/mol. The first kappa shape index (κ1) is 14.3. The molecule has 110 valence electrons. The minimum atomic E-state index is -0.824. The zero-order valence-electron chi connectivity index (χ0n) is 12.4. The molecule has 3 rings (SSSR count). The summed E-state index contributed by atoms with van der Waals surface area (Å²) < 4.78 is 13.3. The summed E-state index contributed by atoms with van der Waals surface area (Å²) in [5.41, 5.74) is 3.54. The first-order valence-electron chi connectivity index (χ1n) is 7.70. The van der Waals surface area contributed by atoms with Crippen molar-refractivity contribution in [3.8, 4) is 0 Å². The Bertz CT molecular complexity index is 633. The van der Waals surface area contributed by atoms with Crippen molar-refractivity contribution in [1.82, 2.24) is 0 Å². The van der Waals surface area contributed by atoms with Gasteiger partial charge in [-0.1, -0.05) is 43.7 Å². The van der Waals surface area contributed by atoms with Crippen LogP contribution in [0, 0.1) is 5.82 Å². The average Bonchev–Trinajstić information content (AvgIpc) is 2.49. The third kappa shape index (κ3) is 2.86. The maximum Gasteiger partial charge on any atom is 0.123 e. The van der Waals surface area contributed by atoms with E-state index in [1.807, 2.05) is 12.1 Å². The van der Waals surface area contributed by atoms with E-state index >= 15 is 0 Å². The van der Waals surface area contributed by atoms with Crippen LogP contribution in [0.1, 0.15) is 42.0 Å². The van der Waals surface area contributed by atoms with Gasteiger partial charge in [0.2, 0.25) is 0 Å². The normalized spacial score (nSPS) is 21.1. The predicted molar refractivity (Wildman–Crippen MR) is 82.8 cm³/mol. The van der Waals surface area contributed by atoms with Gasteiger partial charge in [0.05, 0.1) is 5.60 Å². The van der Waals surface area contributed by atoms with Gasteiger partial charge in [0.25, 0.3) is 0 Å². The number of rotatable bonds is 3. The molecule has 0 amide bonds. The van der Waals surface area contributed by atoms with E-state index in [1.54, 1.807) is 12.1 Å². The van der Waals surface area contributed by atoms with Crippen LogP contribution in [-0.2, 0) is 24.9 Å². The van der Waals surface area contributed by atoms with Crippen molar-refractivity contribution < 1.29 is 9.50 Å². The van der Waals surface area contributed by atoms with Crippen LogP contribution in [0.25, 0.3) is 0 Å². The number of aryl methyl sites for hydroxylation is 2. The molecule has 2 aromatic rings. The fraction of sp³-hybridized carbons (Fsp3) is 0.368. The standard InChI is InChI=1S/C19H21FO/c1-2-3-14-4-7-17(8-5-14)19(21)11-10-15-12-18(20)9-6-16(15)13-19/h4-9,12,21H,2-3,10-11,13H2,1H3. The smallest absolute Gasteiger partial charge is 0.123 e. The highest BCUT2D eigenvalue weighted by atomic mass is 19.1. The molecule has 2 aromatic carbocycles. The van der Waals surface area contributed by atoms with Crippen molar-refractivity contribution in [3.63, 3.8) is 0 Å². The fourth-order valence-corrected chi connectivity index (χ4v) is 3.26. The van der Waals surface area contributed by atoms with Crippen molar-refractivity contribution in [3.05, 3.63) is 70.5 Å². The Balaban J connectivity index is 1.86. The number of benzene rings is 2. The summed E-state index contributed by atoms with van der Waals surface area (Å²) >= 11 is 0. The summed E-state index contributed by atoms with van der Waals surface area (Å²) in [6, 6.07) is 13.2. The van der Waals surface area contributed by atoms with E-state index in [2.05, 4.69) is 19.1 Å². The second-order valence-electron chi connectivity index (χ2n) is 6.07. The zero-order chi connectivity index (χ0) is 14.9. The van der Waals surface area contributed by atoms with Crippen LogP contribution in [0.4, 0.5) is 4.39 Å². The van der Waals surface area contributed by atoms with Crippen molar-refractivity contribution >= 4 is 0 Å². The summed E-state index contributed by atoms with van der Waals surface area (Å²) in [7, 11) is 0. The Morgan fingerprint density at radius 3 is 2.57 bits per heavy atom. The van der Waals surface area contributed by atoms with Gasteiger partial charge >= 0.3 is 0 Å². The Hall–Kier alpha value is -1.67. The van der Waals surface area contributed by atoms with Gasteiger partial charge in [0.1, 0.15) is 5.82 Å². The second-order valence-corrected chi connectivity index (χ2v) is 6.07. The van der Waals surface area contributed by atoms with E-state index in [1.165, 1.54) is 11.6 Å². The molecule has 0 bridgehead atoms. The maximum absolute atomic E-state index is 13.3. The summed E-state index contributed by atoms with van der Waals surface area (Å²) in [4.78, 5) is 0. The van der Waals surface area contributed by atoms with E-state index in [4.69, 9.17) is 0 Å². The molecule has 0 aromatic heterocycles. The molecule has 1 aliphatic carbocycles. The molecule has 1 unspecified atom stereocenters. The number of halogens is 1. The highest BCUT2D eigenvalue weighted by molar-refractivity contribution is 5.37. The van der Waals surface area contributed by atoms with Crippen LogP contribution in [0.15, 0.2) is 42.5 Å². The summed E-state index contributed by atoms with van der Waals surface area (Å²) in [6.07, 6.45) is 4.13. The third-order valence-corrected chi connectivity index (χ3v) is 4.49. The first-order valence-corrected chi connectivity index (χ1v) is 7.70. The van der Waals surface area contributed by atoms with Gasteiger partial charge in [-0.25, -0.2) is 4.39 Å². The largest absolute Gasteiger partial charge is 0.385 e. The highest BCUT2D eigenvalue weighted by Gasteiger charge is 2.33. The van der Waals surface area contributed by atoms with Crippen LogP contribution in [-0.4, -0.2) is 5.11 Å². The molecule has 0 spiro atoms. The maximum atomic E-state index is 13.3. The van der Waals surface area contributed by atoms with Crippen molar-refractivity contribution in [1.29, 1.82) is 0 Å². The van der Waals surface area contributed by atoms with E-state index in [0.717, 1.165) is 36.0 Å². The van der Waals surface area contributed by atoms with Gasteiger partial charge < -0.3 is 5.11 Å². The molecule has 0 saturated heterocycles. The quantitative estimate of drug-likeness (QED) is 0.897. The van der Waals surface area contributed by atoms with Gasteiger partial charge in [-0.05, 0) is 53.6 Å². The predicted octanol–water partition coefficient (Wildman–Crippen LogP) is 4.15. The minimum Gasteiger partial charge on any atom is -0.385 e. The lowest BCUT2D eigenvalue weighted by atomic mass is 9.76. The SMILES string of the molecule is CCCc1ccc(C2(O)CCc3cc(F)ccc3C2)cc1. The lowest BCUT2D eigenvalue weighted by molar-refractivity contribution is 0.0222. The van der Waals surface area contributed by atoms with E-state index < -0.39 is 5.60 Å². The van der Waals surface area contributed by atoms with Crippen LogP contribution < -0.4 is 0 Å². The molecule has 1 aliphatic rings. The molecule has 21 heavy (non-hydrogen) atoms. The second kappa shape index (κ2) is 5.61. The Kier molecular flexibility index (Phi) is 3.81. The van der Waals surface area contributed by atoms with Crippen molar-refractivity contribution in [2.45, 2.75) is 44.6 Å². The Morgan fingerprint density at radius 1 is 1.10 bits per heavy atom. The van der Waals surface area contributed by atoms with Crippen LogP contribution in [0.2, 0.25) is 0 Å². The zero-order valence-corrected chi connectivity index (χ0v) is 12.4. The van der Waals surface area contributed by atoms with Crippen molar-refractivity contribution in [2.75, 3.05) is 0 Å². The molecule has 0 radical (unpaired) electrons. The summed E-state index contributed by atoms with van der Waals surface area (Å²) in [5.74, 6) is -0.192. The fourth-order valence-electron chi connectivity index (χ4n) is 3.26. The van der Waals surface area contributed by atoms with Gasteiger partial charge in [0.15, 0.2) is 0 Å². The van der Waals surface area contributed by atoms with Crippen molar-refractivity contribution in [2.24, 2.45) is 0 Å². The van der Waals surface area contributed by atoms with Crippen LogP contribution in [0.3, 0.4) is 0 Å².